The van der Waals surface area contributed by atoms with Gasteiger partial charge in [-0.05, 0) is 29.8 Å². The molecule has 0 saturated carbocycles. The second kappa shape index (κ2) is 7.73. The SMILES string of the molecule is O=C(O)CC(NC(=O)c1noc(-c2ccccc2F)n1)c1cccc(F)c1. The van der Waals surface area contributed by atoms with E-state index in [0.29, 0.717) is 0 Å². The molecule has 1 aromatic heterocycles. The fraction of sp³-hybridized carbons (Fsp3) is 0.111. The number of carbonyl (C=O) groups is 2. The first-order valence-corrected chi connectivity index (χ1v) is 7.81. The monoisotopic (exact) mass is 373 g/mol. The van der Waals surface area contributed by atoms with Crippen LogP contribution in [0, 0.1) is 11.6 Å². The Balaban J connectivity index is 1.82. The minimum absolute atomic E-state index is 0.0243. The minimum Gasteiger partial charge on any atom is -0.481 e. The maximum atomic E-state index is 13.8. The summed E-state index contributed by atoms with van der Waals surface area (Å²) in [6.45, 7) is 0. The molecular weight excluding hydrogens is 360 g/mol. The fourth-order valence-corrected chi connectivity index (χ4v) is 2.43. The van der Waals surface area contributed by atoms with Gasteiger partial charge in [-0.2, -0.15) is 4.98 Å². The number of benzene rings is 2. The summed E-state index contributed by atoms with van der Waals surface area (Å²) in [5.74, 6) is -3.80. The summed E-state index contributed by atoms with van der Waals surface area (Å²) in [7, 11) is 0. The van der Waals surface area contributed by atoms with Crippen molar-refractivity contribution in [2.24, 2.45) is 0 Å². The fourth-order valence-electron chi connectivity index (χ4n) is 2.43. The highest BCUT2D eigenvalue weighted by molar-refractivity contribution is 5.91. The zero-order valence-corrected chi connectivity index (χ0v) is 13.7. The van der Waals surface area contributed by atoms with Crippen molar-refractivity contribution in [2.45, 2.75) is 12.5 Å². The number of carbonyl (C=O) groups excluding carboxylic acids is 1. The molecule has 1 heterocycles. The molecule has 138 valence electrons. The molecule has 3 aromatic rings. The van der Waals surface area contributed by atoms with E-state index in [-0.39, 0.29) is 17.0 Å². The third kappa shape index (κ3) is 4.32. The van der Waals surface area contributed by atoms with Gasteiger partial charge in [0.05, 0.1) is 18.0 Å². The zero-order chi connectivity index (χ0) is 19.4. The van der Waals surface area contributed by atoms with Crippen molar-refractivity contribution < 1.29 is 28.0 Å². The standard InChI is InChI=1S/C18H13F2N3O4/c19-11-5-3-4-10(8-11)14(9-15(24)25)21-17(26)16-22-18(27-23-16)12-6-1-2-7-13(12)20/h1-8,14H,9H2,(H,21,26)(H,24,25). The minimum atomic E-state index is -1.19. The summed E-state index contributed by atoms with van der Waals surface area (Å²) in [5, 5.41) is 15.0. The molecule has 0 radical (unpaired) electrons. The first-order chi connectivity index (χ1) is 12.9. The average molecular weight is 373 g/mol. The highest BCUT2D eigenvalue weighted by atomic mass is 19.1. The van der Waals surface area contributed by atoms with Crippen molar-refractivity contribution in [3.05, 3.63) is 71.6 Å². The number of amides is 1. The number of nitrogens with zero attached hydrogens (tertiary/aromatic N) is 2. The largest absolute Gasteiger partial charge is 0.481 e. The summed E-state index contributed by atoms with van der Waals surface area (Å²) in [6.07, 6.45) is -0.479. The third-order valence-corrected chi connectivity index (χ3v) is 3.67. The molecule has 1 unspecified atom stereocenters. The maximum absolute atomic E-state index is 13.8. The second-order valence-corrected chi connectivity index (χ2v) is 5.58. The maximum Gasteiger partial charge on any atom is 0.305 e. The lowest BCUT2D eigenvalue weighted by atomic mass is 10.0. The van der Waals surface area contributed by atoms with E-state index in [0.717, 1.165) is 6.07 Å². The van der Waals surface area contributed by atoms with Crippen LogP contribution in [0.25, 0.3) is 11.5 Å². The Labute approximate surface area is 151 Å². The molecule has 1 amide bonds. The van der Waals surface area contributed by atoms with Crippen molar-refractivity contribution in [3.8, 4) is 11.5 Å². The Kier molecular flexibility index (Phi) is 5.20. The number of carboxylic acid groups (broad SMARTS) is 1. The molecule has 2 N–H and O–H groups in total. The third-order valence-electron chi connectivity index (χ3n) is 3.67. The van der Waals surface area contributed by atoms with Crippen LogP contribution in [0.3, 0.4) is 0 Å². The number of halogens is 2. The van der Waals surface area contributed by atoms with Gasteiger partial charge in [0.15, 0.2) is 0 Å². The van der Waals surface area contributed by atoms with Crippen LogP contribution < -0.4 is 5.32 Å². The molecule has 0 fully saturated rings. The lowest BCUT2D eigenvalue weighted by molar-refractivity contribution is -0.137. The predicted molar refractivity (Wildman–Crippen MR) is 88.6 cm³/mol. The van der Waals surface area contributed by atoms with E-state index in [1.54, 1.807) is 6.07 Å². The quantitative estimate of drug-likeness (QED) is 0.688. The number of rotatable bonds is 6. The molecule has 2 aromatic carbocycles. The van der Waals surface area contributed by atoms with Crippen LogP contribution in [0.2, 0.25) is 0 Å². The number of hydrogen-bond acceptors (Lipinski definition) is 5. The van der Waals surface area contributed by atoms with Gasteiger partial charge in [0.1, 0.15) is 11.6 Å². The predicted octanol–water partition coefficient (Wildman–Crippen LogP) is 2.96. The van der Waals surface area contributed by atoms with Gasteiger partial charge in [-0.1, -0.05) is 29.4 Å². The smallest absolute Gasteiger partial charge is 0.305 e. The Morgan fingerprint density at radius 2 is 1.93 bits per heavy atom. The number of aromatic nitrogens is 2. The Morgan fingerprint density at radius 3 is 2.63 bits per heavy atom. The molecule has 0 aliphatic carbocycles. The van der Waals surface area contributed by atoms with Crippen LogP contribution in [0.4, 0.5) is 8.78 Å². The van der Waals surface area contributed by atoms with Crippen molar-refractivity contribution in [2.75, 3.05) is 0 Å². The first kappa shape index (κ1) is 18.2. The van der Waals surface area contributed by atoms with Crippen LogP contribution in [-0.4, -0.2) is 27.1 Å². The molecule has 9 heteroatoms. The number of aliphatic carboxylic acids is 1. The van der Waals surface area contributed by atoms with Gasteiger partial charge in [-0.25, -0.2) is 8.78 Å². The molecule has 7 nitrogen and oxygen atoms in total. The second-order valence-electron chi connectivity index (χ2n) is 5.58. The molecule has 3 rings (SSSR count). The van der Waals surface area contributed by atoms with E-state index in [4.69, 9.17) is 9.63 Å². The number of hydrogen-bond donors (Lipinski definition) is 2. The molecule has 0 aliphatic heterocycles. The zero-order valence-electron chi connectivity index (χ0n) is 13.7. The summed E-state index contributed by atoms with van der Waals surface area (Å²) in [4.78, 5) is 27.3. The highest BCUT2D eigenvalue weighted by Crippen LogP contribution is 2.21. The molecule has 0 spiro atoms. The van der Waals surface area contributed by atoms with Gasteiger partial charge < -0.3 is 14.9 Å². The van der Waals surface area contributed by atoms with Gasteiger partial charge in [0, 0.05) is 0 Å². The highest BCUT2D eigenvalue weighted by Gasteiger charge is 2.23. The number of carboxylic acids is 1. The Bertz CT molecular complexity index is 990. The Morgan fingerprint density at radius 1 is 1.15 bits per heavy atom. The van der Waals surface area contributed by atoms with Crippen LogP contribution in [0.15, 0.2) is 53.1 Å². The van der Waals surface area contributed by atoms with E-state index in [1.165, 1.54) is 36.4 Å². The number of nitrogens with one attached hydrogen (secondary N) is 1. The van der Waals surface area contributed by atoms with E-state index in [2.05, 4.69) is 15.5 Å². The van der Waals surface area contributed by atoms with Crippen LogP contribution in [0.5, 0.6) is 0 Å². The summed E-state index contributed by atoms with van der Waals surface area (Å²) < 4.78 is 32.1. The van der Waals surface area contributed by atoms with Crippen LogP contribution in [-0.2, 0) is 4.79 Å². The normalized spacial score (nSPS) is 11.8. The van der Waals surface area contributed by atoms with Gasteiger partial charge >= 0.3 is 5.97 Å². The summed E-state index contributed by atoms with van der Waals surface area (Å²) in [5.41, 5.74) is 0.292. The van der Waals surface area contributed by atoms with E-state index >= 15 is 0 Å². The summed E-state index contributed by atoms with van der Waals surface area (Å²) in [6, 6.07) is 9.84. The van der Waals surface area contributed by atoms with Gasteiger partial charge in [0.2, 0.25) is 0 Å². The molecule has 0 bridgehead atoms. The lowest BCUT2D eigenvalue weighted by Crippen LogP contribution is -2.31. The molecular formula is C18H13F2N3O4. The van der Waals surface area contributed by atoms with Crippen LogP contribution in [0.1, 0.15) is 28.6 Å². The van der Waals surface area contributed by atoms with E-state index in [1.807, 2.05) is 0 Å². The van der Waals surface area contributed by atoms with Gasteiger partial charge in [-0.3, -0.25) is 9.59 Å². The van der Waals surface area contributed by atoms with E-state index in [9.17, 15) is 18.4 Å². The van der Waals surface area contributed by atoms with Gasteiger partial charge in [0.25, 0.3) is 17.6 Å². The Hall–Kier alpha value is -3.62. The van der Waals surface area contributed by atoms with Crippen molar-refractivity contribution in [3.63, 3.8) is 0 Å². The molecule has 0 aliphatic rings. The van der Waals surface area contributed by atoms with Crippen LogP contribution >= 0.6 is 0 Å². The lowest BCUT2D eigenvalue weighted by Gasteiger charge is -2.16. The average Bonchev–Trinajstić information content (AvgIpc) is 3.11. The van der Waals surface area contributed by atoms with Crippen molar-refractivity contribution in [1.82, 2.24) is 15.5 Å². The molecule has 0 saturated heterocycles. The van der Waals surface area contributed by atoms with Crippen molar-refractivity contribution in [1.29, 1.82) is 0 Å². The van der Waals surface area contributed by atoms with Gasteiger partial charge in [-0.15, -0.1) is 0 Å². The van der Waals surface area contributed by atoms with E-state index < -0.39 is 41.8 Å². The summed E-state index contributed by atoms with van der Waals surface area (Å²) >= 11 is 0. The molecule has 1 atom stereocenters. The molecule has 27 heavy (non-hydrogen) atoms. The first-order valence-electron chi connectivity index (χ1n) is 7.81. The van der Waals surface area contributed by atoms with Crippen molar-refractivity contribution >= 4 is 11.9 Å². The topological polar surface area (TPSA) is 105 Å².